The quantitative estimate of drug-likeness (QED) is 0.305. The van der Waals surface area contributed by atoms with E-state index in [9.17, 15) is 9.59 Å². The van der Waals surface area contributed by atoms with Crippen molar-refractivity contribution in [2.24, 2.45) is 4.99 Å². The maximum absolute atomic E-state index is 14.1. The summed E-state index contributed by atoms with van der Waals surface area (Å²) in [7, 11) is 1.57. The molecule has 1 aromatic heterocycles. The number of hydrogen-bond acceptors (Lipinski definition) is 8. The lowest BCUT2D eigenvalue weighted by Gasteiger charge is -2.26. The van der Waals surface area contributed by atoms with Crippen LogP contribution in [-0.2, 0) is 9.53 Å². The van der Waals surface area contributed by atoms with Gasteiger partial charge in [-0.05, 0) is 65.8 Å². The third-order valence-corrected chi connectivity index (χ3v) is 7.44. The summed E-state index contributed by atoms with van der Waals surface area (Å²) in [5.41, 5.74) is 1.84. The zero-order valence-corrected chi connectivity index (χ0v) is 26.0. The summed E-state index contributed by atoms with van der Waals surface area (Å²) >= 11 is 4.77. The summed E-state index contributed by atoms with van der Waals surface area (Å²) in [5.74, 6) is 1.13. The number of methoxy groups -OCH3 is 1. The number of thiazole rings is 1. The summed E-state index contributed by atoms with van der Waals surface area (Å²) < 4.78 is 25.9. The zero-order valence-electron chi connectivity index (χ0n) is 23.6. The van der Waals surface area contributed by atoms with Gasteiger partial charge in [-0.3, -0.25) is 9.36 Å². The standard InChI is InChI=1S/C30H33BrN2O6S/c1-8-37-29(35)25-18(6)32-30-33(26(25)21-11-9-10-12-22(21)38-16(2)3)28(34)24(40-30)14-19-13-20(31)15-23(36-7)27(19)39-17(4)5/h9-17,26H,8H2,1-7H3/b24-14-/t26-/m0/s1. The molecule has 1 aliphatic heterocycles. The molecule has 0 radical (unpaired) electrons. The number of nitrogens with zero attached hydrogens (tertiary/aromatic N) is 2. The van der Waals surface area contributed by atoms with Gasteiger partial charge < -0.3 is 18.9 Å². The van der Waals surface area contributed by atoms with Crippen molar-refractivity contribution in [3.8, 4) is 17.2 Å². The van der Waals surface area contributed by atoms with Crippen molar-refractivity contribution in [2.45, 2.75) is 59.8 Å². The molecular weight excluding hydrogens is 596 g/mol. The fraction of sp³-hybridized carbons (Fsp3) is 0.367. The molecule has 4 rings (SSSR count). The largest absolute Gasteiger partial charge is 0.493 e. The molecule has 1 atom stereocenters. The Hall–Kier alpha value is -3.37. The van der Waals surface area contributed by atoms with Gasteiger partial charge >= 0.3 is 5.97 Å². The lowest BCUT2D eigenvalue weighted by atomic mass is 9.95. The topological polar surface area (TPSA) is 88.4 Å². The summed E-state index contributed by atoms with van der Waals surface area (Å²) in [6.45, 7) is 11.4. The molecule has 0 amide bonds. The van der Waals surface area contributed by atoms with Crippen LogP contribution in [0.5, 0.6) is 17.2 Å². The van der Waals surface area contributed by atoms with E-state index in [1.807, 2.05) is 64.1 Å². The Morgan fingerprint density at radius 3 is 2.48 bits per heavy atom. The molecule has 0 bridgehead atoms. The Morgan fingerprint density at radius 1 is 1.12 bits per heavy atom. The Morgan fingerprint density at radius 2 is 1.82 bits per heavy atom. The van der Waals surface area contributed by atoms with Crippen molar-refractivity contribution < 1.29 is 23.7 Å². The molecule has 0 N–H and O–H groups in total. The number of carbonyl (C=O) groups is 1. The highest BCUT2D eigenvalue weighted by Crippen LogP contribution is 2.37. The van der Waals surface area contributed by atoms with Crippen LogP contribution in [0.3, 0.4) is 0 Å². The lowest BCUT2D eigenvalue weighted by molar-refractivity contribution is -0.139. The van der Waals surface area contributed by atoms with E-state index in [2.05, 4.69) is 20.9 Å². The van der Waals surface area contributed by atoms with Crippen LogP contribution < -0.4 is 29.1 Å². The van der Waals surface area contributed by atoms with Gasteiger partial charge in [0.2, 0.25) is 0 Å². The molecule has 0 saturated heterocycles. The highest BCUT2D eigenvalue weighted by Gasteiger charge is 2.35. The Kier molecular flexibility index (Phi) is 9.20. The smallest absolute Gasteiger partial charge is 0.338 e. The van der Waals surface area contributed by atoms with E-state index in [0.717, 1.165) is 4.47 Å². The van der Waals surface area contributed by atoms with Crippen LogP contribution in [0.2, 0.25) is 0 Å². The van der Waals surface area contributed by atoms with Crippen molar-refractivity contribution in [1.29, 1.82) is 0 Å². The summed E-state index contributed by atoms with van der Waals surface area (Å²) in [6, 6.07) is 10.3. The molecule has 2 aromatic carbocycles. The fourth-order valence-corrected chi connectivity index (χ4v) is 6.00. The van der Waals surface area contributed by atoms with Crippen LogP contribution in [0.25, 0.3) is 6.08 Å². The molecular formula is C30H33BrN2O6S. The second-order valence-electron chi connectivity index (χ2n) is 9.70. The SMILES string of the molecule is CCOC(=O)C1=C(C)N=c2s/c(=C\c3cc(Br)cc(OC)c3OC(C)C)c(=O)n2[C@H]1c1ccccc1OC(C)C. The van der Waals surface area contributed by atoms with Gasteiger partial charge in [0.1, 0.15) is 11.8 Å². The van der Waals surface area contributed by atoms with E-state index in [1.165, 1.54) is 11.3 Å². The van der Waals surface area contributed by atoms with E-state index < -0.39 is 12.0 Å². The van der Waals surface area contributed by atoms with Crippen LogP contribution >= 0.6 is 27.3 Å². The van der Waals surface area contributed by atoms with E-state index >= 15 is 0 Å². The van der Waals surface area contributed by atoms with Gasteiger partial charge in [0, 0.05) is 15.6 Å². The maximum atomic E-state index is 14.1. The van der Waals surface area contributed by atoms with E-state index in [4.69, 9.17) is 18.9 Å². The van der Waals surface area contributed by atoms with E-state index in [-0.39, 0.29) is 24.4 Å². The number of aromatic nitrogens is 1. The number of allylic oxidation sites excluding steroid dienone is 1. The van der Waals surface area contributed by atoms with Gasteiger partial charge in [0.25, 0.3) is 5.56 Å². The average Bonchev–Trinajstić information content (AvgIpc) is 3.18. The van der Waals surface area contributed by atoms with Gasteiger partial charge in [-0.2, -0.15) is 0 Å². The third-order valence-electron chi connectivity index (χ3n) is 6.00. The molecule has 40 heavy (non-hydrogen) atoms. The first kappa shape index (κ1) is 29.6. The minimum Gasteiger partial charge on any atom is -0.493 e. The molecule has 1 aliphatic rings. The van der Waals surface area contributed by atoms with E-state index in [0.29, 0.717) is 49.0 Å². The molecule has 8 nitrogen and oxygen atoms in total. The number of para-hydroxylation sites is 1. The Balaban J connectivity index is 2.01. The lowest BCUT2D eigenvalue weighted by Crippen LogP contribution is -2.40. The Bertz CT molecular complexity index is 1640. The fourth-order valence-electron chi connectivity index (χ4n) is 4.50. The molecule has 0 saturated carbocycles. The Labute approximate surface area is 245 Å². The normalized spacial score (nSPS) is 15.2. The minimum absolute atomic E-state index is 0.112. The summed E-state index contributed by atoms with van der Waals surface area (Å²) in [5, 5.41) is 0. The predicted molar refractivity (Wildman–Crippen MR) is 159 cm³/mol. The number of rotatable bonds is 9. The number of esters is 1. The second-order valence-corrected chi connectivity index (χ2v) is 11.6. The molecule has 0 spiro atoms. The monoisotopic (exact) mass is 628 g/mol. The number of hydrogen-bond donors (Lipinski definition) is 0. The number of halogens is 1. The van der Waals surface area contributed by atoms with Gasteiger partial charge in [-0.1, -0.05) is 45.5 Å². The number of carbonyl (C=O) groups excluding carboxylic acids is 1. The van der Waals surface area contributed by atoms with Crippen LogP contribution in [-0.4, -0.2) is 36.5 Å². The van der Waals surface area contributed by atoms with Gasteiger partial charge in [-0.25, -0.2) is 9.79 Å². The van der Waals surface area contributed by atoms with Crippen molar-refractivity contribution in [1.82, 2.24) is 4.57 Å². The highest BCUT2D eigenvalue weighted by atomic mass is 79.9. The summed E-state index contributed by atoms with van der Waals surface area (Å²) in [6.07, 6.45) is 1.54. The molecule has 0 fully saturated rings. The van der Waals surface area contributed by atoms with Crippen LogP contribution in [0, 0.1) is 0 Å². The molecule has 3 aromatic rings. The maximum Gasteiger partial charge on any atom is 0.338 e. The zero-order chi connectivity index (χ0) is 29.1. The number of benzene rings is 2. The first-order valence-corrected chi connectivity index (χ1v) is 14.7. The van der Waals surface area contributed by atoms with Gasteiger partial charge in [0.15, 0.2) is 16.3 Å². The molecule has 10 heteroatoms. The molecule has 0 unspecified atom stereocenters. The van der Waals surface area contributed by atoms with Gasteiger partial charge in [-0.15, -0.1) is 0 Å². The number of fused-ring (bicyclic) bond motifs is 1. The number of ether oxygens (including phenoxy) is 4. The minimum atomic E-state index is -0.782. The predicted octanol–water partition coefficient (Wildman–Crippen LogP) is 5.14. The average molecular weight is 630 g/mol. The van der Waals surface area contributed by atoms with Crippen LogP contribution in [0.15, 0.2) is 61.9 Å². The third kappa shape index (κ3) is 6.02. The molecule has 0 aliphatic carbocycles. The highest BCUT2D eigenvalue weighted by molar-refractivity contribution is 9.10. The second kappa shape index (κ2) is 12.4. The van der Waals surface area contributed by atoms with Crippen molar-refractivity contribution in [2.75, 3.05) is 13.7 Å². The first-order chi connectivity index (χ1) is 19.0. The van der Waals surface area contributed by atoms with Crippen molar-refractivity contribution >= 4 is 39.3 Å². The first-order valence-electron chi connectivity index (χ1n) is 13.0. The summed E-state index contributed by atoms with van der Waals surface area (Å²) in [4.78, 5) is 32.5. The van der Waals surface area contributed by atoms with Crippen LogP contribution in [0.1, 0.15) is 58.7 Å². The van der Waals surface area contributed by atoms with Crippen molar-refractivity contribution in [3.63, 3.8) is 0 Å². The van der Waals surface area contributed by atoms with Gasteiger partial charge in [0.05, 0.1) is 41.7 Å². The molecule has 2 heterocycles. The van der Waals surface area contributed by atoms with E-state index in [1.54, 1.807) is 31.6 Å². The van der Waals surface area contributed by atoms with Crippen LogP contribution in [0.4, 0.5) is 0 Å². The molecule has 212 valence electrons. The van der Waals surface area contributed by atoms with Crippen molar-refractivity contribution in [3.05, 3.63) is 83.0 Å².